The number of aliphatic carboxylic acids is 1. The fraction of sp³-hybridized carbons (Fsp3) is 0.263. The van der Waals surface area contributed by atoms with E-state index in [2.05, 4.69) is 15.5 Å². The summed E-state index contributed by atoms with van der Waals surface area (Å²) >= 11 is 3.29. The van der Waals surface area contributed by atoms with Crippen molar-refractivity contribution in [2.75, 3.05) is 24.3 Å². The first-order chi connectivity index (χ1) is 16.3. The second-order valence-electron chi connectivity index (χ2n) is 6.87. The van der Waals surface area contributed by atoms with Gasteiger partial charge in [-0.15, -0.1) is 40.1 Å². The van der Waals surface area contributed by atoms with E-state index in [1.807, 2.05) is 0 Å². The molecule has 2 aromatic heterocycles. The van der Waals surface area contributed by atoms with Crippen LogP contribution in [0, 0.1) is 0 Å². The quantitative estimate of drug-likeness (QED) is 0.226. The lowest BCUT2D eigenvalue weighted by molar-refractivity contribution is -0.150. The number of oxime groups is 1. The van der Waals surface area contributed by atoms with Gasteiger partial charge in [0.2, 0.25) is 0 Å². The van der Waals surface area contributed by atoms with Gasteiger partial charge in [-0.3, -0.25) is 19.3 Å². The first kappa shape index (κ1) is 26.8. The number of nitrogens with zero attached hydrogens (tertiary/aromatic N) is 3. The zero-order valence-corrected chi connectivity index (χ0v) is 22.0. The SMILES string of the molecule is Br.CO/N=C(\C(=O)N[C@@H]1C(=O)N2C(C(=O)O)=C(CSC(=O)c3ccco3)CS[C@H]12)c1csc(N)n1. The van der Waals surface area contributed by atoms with Gasteiger partial charge in [0, 0.05) is 16.9 Å². The Bertz CT molecular complexity index is 1210. The Kier molecular flexibility index (Phi) is 8.63. The molecule has 2 amide bonds. The minimum atomic E-state index is -1.29. The third kappa shape index (κ3) is 5.39. The fourth-order valence-corrected chi connectivity index (χ4v) is 6.14. The number of amides is 2. The zero-order valence-electron chi connectivity index (χ0n) is 17.8. The van der Waals surface area contributed by atoms with Crippen LogP contribution in [0.1, 0.15) is 16.2 Å². The second-order valence-corrected chi connectivity index (χ2v) is 9.81. The monoisotopic (exact) mass is 603 g/mol. The molecule has 35 heavy (non-hydrogen) atoms. The Labute approximate surface area is 221 Å². The number of nitrogens with two attached hydrogens (primary N) is 1. The molecule has 16 heteroatoms. The number of carboxylic acid groups (broad SMARTS) is 1. The Morgan fingerprint density at radius 2 is 2.23 bits per heavy atom. The van der Waals surface area contributed by atoms with Crippen molar-refractivity contribution >= 4 is 85.6 Å². The van der Waals surface area contributed by atoms with Gasteiger partial charge in [0.15, 0.2) is 16.6 Å². The molecule has 4 rings (SSSR count). The number of thioether (sulfide) groups is 2. The lowest BCUT2D eigenvalue weighted by Crippen LogP contribution is -2.71. The molecule has 186 valence electrons. The molecular weight excluding hydrogens is 586 g/mol. The van der Waals surface area contributed by atoms with Gasteiger partial charge >= 0.3 is 5.97 Å². The highest BCUT2D eigenvalue weighted by atomic mass is 79.9. The number of nitrogen functional groups attached to an aromatic ring is 1. The molecule has 2 aromatic rings. The lowest BCUT2D eigenvalue weighted by Gasteiger charge is -2.49. The number of hydrogen-bond donors (Lipinski definition) is 3. The molecule has 12 nitrogen and oxygen atoms in total. The van der Waals surface area contributed by atoms with Crippen LogP contribution < -0.4 is 11.1 Å². The number of carbonyl (C=O) groups is 4. The van der Waals surface area contributed by atoms with E-state index in [0.29, 0.717) is 5.57 Å². The molecule has 0 saturated carbocycles. The topological polar surface area (TPSA) is 177 Å². The minimum Gasteiger partial charge on any atom is -0.477 e. The Morgan fingerprint density at radius 1 is 1.46 bits per heavy atom. The van der Waals surface area contributed by atoms with Gasteiger partial charge in [-0.05, 0) is 17.7 Å². The predicted molar refractivity (Wildman–Crippen MR) is 136 cm³/mol. The summed E-state index contributed by atoms with van der Waals surface area (Å²) in [6.45, 7) is 0. The number of β-lactam (4-membered cyclic amide) rings is 1. The predicted octanol–water partition coefficient (Wildman–Crippen LogP) is 1.56. The van der Waals surface area contributed by atoms with Gasteiger partial charge in [-0.25, -0.2) is 9.78 Å². The van der Waals surface area contributed by atoms with E-state index in [9.17, 15) is 24.3 Å². The highest BCUT2D eigenvalue weighted by molar-refractivity contribution is 8.93. The maximum Gasteiger partial charge on any atom is 0.352 e. The number of aromatic nitrogens is 1. The van der Waals surface area contributed by atoms with E-state index >= 15 is 0 Å². The molecule has 4 heterocycles. The van der Waals surface area contributed by atoms with E-state index in [1.165, 1.54) is 36.6 Å². The molecule has 2 atom stereocenters. The van der Waals surface area contributed by atoms with Crippen LogP contribution in [0.15, 0.2) is 44.6 Å². The third-order valence-corrected chi connectivity index (χ3v) is 7.77. The Hall–Kier alpha value is -2.82. The molecule has 4 N–H and O–H groups in total. The highest BCUT2D eigenvalue weighted by Gasteiger charge is 2.54. The number of fused-ring (bicyclic) bond motifs is 1. The van der Waals surface area contributed by atoms with E-state index in [0.717, 1.165) is 28.0 Å². The van der Waals surface area contributed by atoms with Crippen molar-refractivity contribution in [3.05, 3.63) is 46.5 Å². The van der Waals surface area contributed by atoms with Crippen LogP contribution in [0.5, 0.6) is 0 Å². The summed E-state index contributed by atoms with van der Waals surface area (Å²) in [5.74, 6) is -2.08. The second kappa shape index (κ2) is 11.3. The summed E-state index contributed by atoms with van der Waals surface area (Å²) in [7, 11) is 1.26. The van der Waals surface area contributed by atoms with Crippen molar-refractivity contribution in [1.29, 1.82) is 0 Å². The van der Waals surface area contributed by atoms with Crippen molar-refractivity contribution in [2.24, 2.45) is 5.16 Å². The first-order valence-corrected chi connectivity index (χ1v) is 12.5. The van der Waals surface area contributed by atoms with Crippen LogP contribution in [-0.4, -0.2) is 73.6 Å². The van der Waals surface area contributed by atoms with Gasteiger partial charge in [0.1, 0.15) is 29.9 Å². The van der Waals surface area contributed by atoms with E-state index < -0.39 is 29.2 Å². The standard InChI is InChI=1S/C19H17N5O7S3.BrH/c1-30-23-11(9-7-34-19(20)21-9)14(25)22-12-15(26)24-13(17(27)28)8(5-32-16(12)24)6-33-18(29)10-3-2-4-31-10;/h2-4,7,12,16H,5-6H2,1H3,(H2,20,21)(H,22,25)(H,27,28);1H/b23-11-;/t12-,16-;/m1./s1. The number of rotatable bonds is 8. The maximum atomic E-state index is 12.8. The van der Waals surface area contributed by atoms with Gasteiger partial charge in [0.25, 0.3) is 16.9 Å². The number of thiazole rings is 1. The van der Waals surface area contributed by atoms with E-state index in [1.54, 1.807) is 6.07 Å². The number of carboxylic acids is 1. The normalized spacial score (nSPS) is 19.4. The molecule has 1 fully saturated rings. The van der Waals surface area contributed by atoms with Crippen molar-refractivity contribution in [3.8, 4) is 0 Å². The highest BCUT2D eigenvalue weighted by Crippen LogP contribution is 2.41. The van der Waals surface area contributed by atoms with Crippen molar-refractivity contribution in [1.82, 2.24) is 15.2 Å². The summed E-state index contributed by atoms with van der Waals surface area (Å²) in [6.07, 6.45) is 1.37. The van der Waals surface area contributed by atoms with Crippen LogP contribution in [-0.2, 0) is 19.2 Å². The number of carbonyl (C=O) groups excluding carboxylic acids is 3. The number of nitrogens with one attached hydrogen (secondary N) is 1. The lowest BCUT2D eigenvalue weighted by atomic mass is 10.0. The number of hydrogen-bond acceptors (Lipinski definition) is 12. The van der Waals surface area contributed by atoms with Crippen LogP contribution in [0.3, 0.4) is 0 Å². The fourth-order valence-electron chi connectivity index (χ4n) is 3.31. The van der Waals surface area contributed by atoms with E-state index in [4.69, 9.17) is 15.0 Å². The minimum absolute atomic E-state index is 0. The zero-order chi connectivity index (χ0) is 24.4. The van der Waals surface area contributed by atoms with Gasteiger partial charge in [-0.2, -0.15) is 0 Å². The summed E-state index contributed by atoms with van der Waals surface area (Å²) in [4.78, 5) is 59.6. The molecule has 2 aliphatic rings. The van der Waals surface area contributed by atoms with Crippen molar-refractivity contribution < 1.29 is 33.5 Å². The largest absolute Gasteiger partial charge is 0.477 e. The molecule has 0 unspecified atom stereocenters. The molecular formula is C19H18BrN5O7S3. The third-order valence-electron chi connectivity index (χ3n) is 4.80. The average molecular weight is 604 g/mol. The average Bonchev–Trinajstić information content (AvgIpc) is 3.50. The summed E-state index contributed by atoms with van der Waals surface area (Å²) in [5, 5.41) is 16.8. The van der Waals surface area contributed by atoms with Crippen molar-refractivity contribution in [3.63, 3.8) is 0 Å². The molecule has 0 aromatic carbocycles. The molecule has 1 saturated heterocycles. The molecule has 0 aliphatic carbocycles. The maximum absolute atomic E-state index is 12.8. The smallest absolute Gasteiger partial charge is 0.352 e. The van der Waals surface area contributed by atoms with E-state index in [-0.39, 0.29) is 61.6 Å². The summed E-state index contributed by atoms with van der Waals surface area (Å²) in [5.41, 5.74) is 5.89. The molecule has 0 spiro atoms. The number of anilines is 1. The number of furan rings is 1. The Morgan fingerprint density at radius 3 is 2.83 bits per heavy atom. The van der Waals surface area contributed by atoms with Gasteiger partial charge in [0.05, 0.1) is 6.26 Å². The van der Waals surface area contributed by atoms with Crippen LogP contribution in [0.25, 0.3) is 0 Å². The van der Waals surface area contributed by atoms with Crippen LogP contribution in [0.2, 0.25) is 0 Å². The Balaban J connectivity index is 0.00000342. The molecule has 0 bridgehead atoms. The van der Waals surface area contributed by atoms with Crippen LogP contribution >= 0.6 is 51.8 Å². The van der Waals surface area contributed by atoms with Crippen LogP contribution in [0.4, 0.5) is 5.13 Å². The molecule has 2 aliphatic heterocycles. The molecule has 0 radical (unpaired) electrons. The van der Waals surface area contributed by atoms with Crippen molar-refractivity contribution in [2.45, 2.75) is 11.4 Å². The van der Waals surface area contributed by atoms with Gasteiger partial charge < -0.3 is 25.4 Å². The summed E-state index contributed by atoms with van der Waals surface area (Å²) in [6, 6.07) is 2.13. The van der Waals surface area contributed by atoms with Gasteiger partial charge in [-0.1, -0.05) is 16.9 Å². The summed E-state index contributed by atoms with van der Waals surface area (Å²) < 4.78 is 5.05. The first-order valence-electron chi connectivity index (χ1n) is 9.55. The number of halogens is 1.